The van der Waals surface area contributed by atoms with E-state index in [0.717, 1.165) is 74.4 Å². The Labute approximate surface area is 314 Å². The first-order chi connectivity index (χ1) is 26.0. The zero-order valence-electron chi connectivity index (χ0n) is 31.3. The molecule has 5 aromatic carbocycles. The summed E-state index contributed by atoms with van der Waals surface area (Å²) in [6, 6.07) is 45.1. The summed E-state index contributed by atoms with van der Waals surface area (Å²) >= 11 is 0. The SMILES string of the molecule is C/C=C\c1cc(-c2cc(-c3ccc(-c4ccc(C)nc4)cc3)cc(-c3nc(-c4ccccc4)cc(-c4ccccc4)n3)c2)c(/C=C\C)c(CC)c1CC. The third-order valence-corrected chi connectivity index (χ3v) is 9.84. The van der Waals surface area contributed by atoms with Crippen molar-refractivity contribution in [1.82, 2.24) is 15.0 Å². The molecule has 0 aliphatic heterocycles. The zero-order chi connectivity index (χ0) is 36.7. The highest BCUT2D eigenvalue weighted by molar-refractivity contribution is 5.87. The summed E-state index contributed by atoms with van der Waals surface area (Å²) in [4.78, 5) is 15.0. The van der Waals surface area contributed by atoms with E-state index in [1.807, 2.05) is 25.3 Å². The van der Waals surface area contributed by atoms with Gasteiger partial charge in [-0.2, -0.15) is 0 Å². The predicted molar refractivity (Wildman–Crippen MR) is 225 cm³/mol. The first-order valence-electron chi connectivity index (χ1n) is 18.6. The molecule has 0 bridgehead atoms. The number of aromatic nitrogens is 3. The summed E-state index contributed by atoms with van der Waals surface area (Å²) in [5, 5.41) is 0. The van der Waals surface area contributed by atoms with Gasteiger partial charge in [0.1, 0.15) is 0 Å². The van der Waals surface area contributed by atoms with Crippen molar-refractivity contribution in [1.29, 1.82) is 0 Å². The van der Waals surface area contributed by atoms with Gasteiger partial charge in [-0.15, -0.1) is 0 Å². The van der Waals surface area contributed by atoms with Gasteiger partial charge in [-0.25, -0.2) is 9.97 Å². The smallest absolute Gasteiger partial charge is 0.160 e. The van der Waals surface area contributed by atoms with Gasteiger partial charge in [-0.1, -0.05) is 129 Å². The Morgan fingerprint density at radius 1 is 0.491 bits per heavy atom. The van der Waals surface area contributed by atoms with Crippen LogP contribution in [0.1, 0.15) is 55.6 Å². The summed E-state index contributed by atoms with van der Waals surface area (Å²) in [5.74, 6) is 0.692. The Morgan fingerprint density at radius 2 is 1.04 bits per heavy atom. The fourth-order valence-corrected chi connectivity index (χ4v) is 7.23. The lowest BCUT2D eigenvalue weighted by molar-refractivity contribution is 1.03. The van der Waals surface area contributed by atoms with Crippen LogP contribution >= 0.6 is 0 Å². The number of rotatable bonds is 10. The van der Waals surface area contributed by atoms with Crippen molar-refractivity contribution in [3.05, 3.63) is 174 Å². The molecule has 260 valence electrons. The first-order valence-corrected chi connectivity index (χ1v) is 18.6. The van der Waals surface area contributed by atoms with Crippen LogP contribution in [-0.2, 0) is 12.8 Å². The first kappa shape index (κ1) is 35.2. The molecule has 0 saturated heterocycles. The minimum absolute atomic E-state index is 0.692. The Morgan fingerprint density at radius 3 is 1.58 bits per heavy atom. The monoisotopic (exact) mass is 687 g/mol. The molecule has 0 aliphatic carbocycles. The lowest BCUT2D eigenvalue weighted by atomic mass is 9.84. The average molecular weight is 688 g/mol. The maximum absolute atomic E-state index is 5.25. The molecule has 0 saturated carbocycles. The van der Waals surface area contributed by atoms with Crippen molar-refractivity contribution >= 4 is 12.2 Å². The molecule has 2 heterocycles. The Kier molecular flexibility index (Phi) is 10.6. The molecule has 3 heteroatoms. The third-order valence-electron chi connectivity index (χ3n) is 9.84. The highest BCUT2D eigenvalue weighted by Crippen LogP contribution is 2.39. The Balaban J connectivity index is 1.49. The van der Waals surface area contributed by atoms with Crippen molar-refractivity contribution in [3.8, 4) is 67.3 Å². The summed E-state index contributed by atoms with van der Waals surface area (Å²) < 4.78 is 0. The van der Waals surface area contributed by atoms with E-state index in [-0.39, 0.29) is 0 Å². The highest BCUT2D eigenvalue weighted by atomic mass is 14.9. The summed E-state index contributed by atoms with van der Waals surface area (Å²) in [5.41, 5.74) is 18.0. The number of benzene rings is 5. The molecule has 0 radical (unpaired) electrons. The average Bonchev–Trinajstić information content (AvgIpc) is 3.22. The molecule has 0 spiro atoms. The van der Waals surface area contributed by atoms with Crippen LogP contribution in [0.5, 0.6) is 0 Å². The van der Waals surface area contributed by atoms with E-state index in [2.05, 4.69) is 172 Å². The van der Waals surface area contributed by atoms with E-state index < -0.39 is 0 Å². The maximum Gasteiger partial charge on any atom is 0.160 e. The molecule has 7 aromatic rings. The summed E-state index contributed by atoms with van der Waals surface area (Å²) in [7, 11) is 0. The van der Waals surface area contributed by atoms with E-state index in [0.29, 0.717) is 5.82 Å². The predicted octanol–water partition coefficient (Wildman–Crippen LogP) is 13.4. The number of hydrogen-bond donors (Lipinski definition) is 0. The van der Waals surface area contributed by atoms with Crippen molar-refractivity contribution < 1.29 is 0 Å². The van der Waals surface area contributed by atoms with Crippen molar-refractivity contribution in [3.63, 3.8) is 0 Å². The number of pyridine rings is 1. The summed E-state index contributed by atoms with van der Waals surface area (Å²) in [6.45, 7) is 10.8. The number of nitrogens with zero attached hydrogens (tertiary/aromatic N) is 3. The highest BCUT2D eigenvalue weighted by Gasteiger charge is 2.18. The molecule has 0 atom stereocenters. The lowest BCUT2D eigenvalue weighted by Crippen LogP contribution is -2.02. The fraction of sp³-hybridized carbons (Fsp3) is 0.140. The third kappa shape index (κ3) is 7.56. The quantitative estimate of drug-likeness (QED) is 0.144. The second kappa shape index (κ2) is 16.0. The van der Waals surface area contributed by atoms with Gasteiger partial charge in [-0.3, -0.25) is 4.98 Å². The maximum atomic E-state index is 5.25. The zero-order valence-corrected chi connectivity index (χ0v) is 31.3. The van der Waals surface area contributed by atoms with Gasteiger partial charge >= 0.3 is 0 Å². The molecule has 0 unspecified atom stereocenters. The van der Waals surface area contributed by atoms with Gasteiger partial charge < -0.3 is 0 Å². The van der Waals surface area contributed by atoms with Gasteiger partial charge in [0.05, 0.1) is 11.4 Å². The molecule has 0 N–H and O–H groups in total. The summed E-state index contributed by atoms with van der Waals surface area (Å²) in [6.07, 6.45) is 12.7. The van der Waals surface area contributed by atoms with Crippen LogP contribution < -0.4 is 0 Å². The normalized spacial score (nSPS) is 11.5. The Bertz CT molecular complexity index is 2350. The topological polar surface area (TPSA) is 38.7 Å². The van der Waals surface area contributed by atoms with Gasteiger partial charge in [-0.05, 0) is 120 Å². The van der Waals surface area contributed by atoms with E-state index in [9.17, 15) is 0 Å². The lowest BCUT2D eigenvalue weighted by Gasteiger charge is -2.20. The van der Waals surface area contributed by atoms with Crippen molar-refractivity contribution in [2.24, 2.45) is 0 Å². The van der Waals surface area contributed by atoms with Crippen LogP contribution in [0.4, 0.5) is 0 Å². The van der Waals surface area contributed by atoms with Gasteiger partial charge in [0.2, 0.25) is 0 Å². The number of allylic oxidation sites excluding steroid dienone is 2. The minimum atomic E-state index is 0.692. The molecule has 3 nitrogen and oxygen atoms in total. The van der Waals surface area contributed by atoms with E-state index in [1.54, 1.807) is 0 Å². The van der Waals surface area contributed by atoms with Crippen molar-refractivity contribution in [2.45, 2.75) is 47.5 Å². The van der Waals surface area contributed by atoms with E-state index >= 15 is 0 Å². The van der Waals surface area contributed by atoms with Crippen molar-refractivity contribution in [2.75, 3.05) is 0 Å². The number of aryl methyl sites for hydroxylation is 1. The van der Waals surface area contributed by atoms with Crippen LogP contribution in [0.2, 0.25) is 0 Å². The van der Waals surface area contributed by atoms with Crippen LogP contribution in [-0.4, -0.2) is 15.0 Å². The van der Waals surface area contributed by atoms with Gasteiger partial charge in [0.15, 0.2) is 5.82 Å². The molecular weight excluding hydrogens is 643 g/mol. The molecule has 0 aliphatic rings. The molecule has 0 amide bonds. The molecular formula is C50H45N3. The Hall–Kier alpha value is -6.19. The van der Waals surface area contributed by atoms with E-state index in [4.69, 9.17) is 9.97 Å². The largest absolute Gasteiger partial charge is 0.261 e. The standard InChI is InChI=1S/C50H45N3/c1-6-16-39-31-47(46(17-7-2)45(9-4)44(39)8-3)42-28-41(36-26-24-35(25-27-36)40-23-22-34(5)51-33-40)29-43(30-42)50-52-48(37-18-12-10-13-19-37)32-49(53-50)38-20-14-11-15-21-38/h6-7,10-33H,8-9H2,1-5H3/b16-6-,17-7-. The van der Waals surface area contributed by atoms with Crippen LogP contribution in [0.25, 0.3) is 79.4 Å². The van der Waals surface area contributed by atoms with Gasteiger partial charge in [0.25, 0.3) is 0 Å². The second-order valence-corrected chi connectivity index (χ2v) is 13.3. The van der Waals surface area contributed by atoms with Crippen LogP contribution in [0.3, 0.4) is 0 Å². The van der Waals surface area contributed by atoms with Gasteiger partial charge in [0, 0.05) is 34.1 Å². The molecule has 0 fully saturated rings. The van der Waals surface area contributed by atoms with Crippen LogP contribution in [0.15, 0.2) is 146 Å². The molecule has 7 rings (SSSR count). The minimum Gasteiger partial charge on any atom is -0.261 e. The molecule has 2 aromatic heterocycles. The fourth-order valence-electron chi connectivity index (χ4n) is 7.23. The van der Waals surface area contributed by atoms with E-state index in [1.165, 1.54) is 27.8 Å². The second-order valence-electron chi connectivity index (χ2n) is 13.3. The number of hydrogen-bond acceptors (Lipinski definition) is 3. The molecule has 53 heavy (non-hydrogen) atoms. The van der Waals surface area contributed by atoms with Crippen LogP contribution in [0, 0.1) is 6.92 Å².